The van der Waals surface area contributed by atoms with Gasteiger partial charge in [-0.1, -0.05) is 103 Å². The lowest BCUT2D eigenvalue weighted by Gasteiger charge is -2.19. The molecule has 0 saturated carbocycles. The third kappa shape index (κ3) is 3.63. The van der Waals surface area contributed by atoms with E-state index in [0.717, 1.165) is 33.7 Å². The van der Waals surface area contributed by atoms with Gasteiger partial charge in [-0.3, -0.25) is 0 Å². The molecule has 1 aliphatic heterocycles. The van der Waals surface area contributed by atoms with Crippen LogP contribution in [0, 0.1) is 0 Å². The van der Waals surface area contributed by atoms with E-state index in [-0.39, 0.29) is 5.56 Å². The van der Waals surface area contributed by atoms with E-state index >= 15 is 0 Å². The maximum atomic E-state index is 11.8. The van der Waals surface area contributed by atoms with Crippen LogP contribution in [0.4, 0.5) is 0 Å². The van der Waals surface area contributed by atoms with Crippen molar-refractivity contribution in [3.63, 3.8) is 0 Å². The van der Waals surface area contributed by atoms with Gasteiger partial charge in [0, 0.05) is 16.7 Å². The highest BCUT2D eigenvalue weighted by molar-refractivity contribution is 5.96. The van der Waals surface area contributed by atoms with Crippen molar-refractivity contribution >= 4 is 17.4 Å². The van der Waals surface area contributed by atoms with Gasteiger partial charge in [-0.25, -0.2) is 4.79 Å². The second-order valence-corrected chi connectivity index (χ2v) is 7.52. The molecule has 0 aliphatic carbocycles. The van der Waals surface area contributed by atoms with Gasteiger partial charge in [-0.05, 0) is 17.2 Å². The van der Waals surface area contributed by atoms with Crippen LogP contribution in [-0.4, -0.2) is 11.1 Å². The van der Waals surface area contributed by atoms with Gasteiger partial charge in [0.25, 0.3) is 0 Å². The van der Waals surface area contributed by atoms with E-state index in [1.807, 2.05) is 97.1 Å². The van der Waals surface area contributed by atoms with Gasteiger partial charge in [0.05, 0.1) is 11.3 Å². The summed E-state index contributed by atoms with van der Waals surface area (Å²) in [5, 5.41) is 13.3. The minimum absolute atomic E-state index is 0.262. The van der Waals surface area contributed by atoms with Crippen molar-refractivity contribution in [1.82, 2.24) is 5.32 Å². The fraction of sp³-hybridized carbons (Fsp3) is 0.0357. The highest BCUT2D eigenvalue weighted by Crippen LogP contribution is 2.41. The van der Waals surface area contributed by atoms with Crippen molar-refractivity contribution in [2.24, 2.45) is 0 Å². The van der Waals surface area contributed by atoms with Crippen LogP contribution in [0.2, 0.25) is 0 Å². The number of carboxylic acids is 1. The molecule has 0 amide bonds. The number of nitrogens with one attached hydrogen (secondary N) is 1. The first-order valence-corrected chi connectivity index (χ1v) is 10.4. The number of carboxylic acid groups (broad SMARTS) is 1. The molecule has 1 unspecified atom stereocenters. The Hall–Kier alpha value is -4.31. The minimum atomic E-state index is -0.955. The molecular weight excluding hydrogens is 398 g/mol. The Bertz CT molecular complexity index is 1250. The Morgan fingerprint density at radius 3 is 1.94 bits per heavy atom. The van der Waals surface area contributed by atoms with E-state index in [9.17, 15) is 9.90 Å². The van der Waals surface area contributed by atoms with Crippen LogP contribution in [0.5, 0.6) is 0 Å². The Morgan fingerprint density at radius 1 is 0.688 bits per heavy atom. The summed E-state index contributed by atoms with van der Waals surface area (Å²) < 4.78 is 6.48. The summed E-state index contributed by atoms with van der Waals surface area (Å²) in [5.41, 5.74) is 5.53. The molecular formula is C28H21NO3. The van der Waals surface area contributed by atoms with Crippen molar-refractivity contribution in [3.8, 4) is 11.1 Å². The number of hydrogen-bond acceptors (Lipinski definition) is 3. The summed E-state index contributed by atoms with van der Waals surface area (Å²) in [6.07, 6.45) is -0.460. The van der Waals surface area contributed by atoms with Crippen LogP contribution >= 0.6 is 0 Å². The van der Waals surface area contributed by atoms with E-state index < -0.39 is 12.2 Å². The quantitative estimate of drug-likeness (QED) is 0.405. The summed E-state index contributed by atoms with van der Waals surface area (Å²) in [6.45, 7) is 0. The summed E-state index contributed by atoms with van der Waals surface area (Å²) in [4.78, 5) is 11.8. The maximum Gasteiger partial charge on any atom is 0.336 e. The van der Waals surface area contributed by atoms with E-state index in [1.165, 1.54) is 0 Å². The van der Waals surface area contributed by atoms with E-state index in [0.29, 0.717) is 5.56 Å². The standard InChI is InChI=1S/C28H21NO3/c30-28(31)24-18-10-8-16-22(24)21-15-7-9-17-23(21)27-29-25(19-11-3-1-4-12-19)26(32-27)20-13-5-2-6-14-20/h1-18,27,29H,(H,30,31). The van der Waals surface area contributed by atoms with Crippen LogP contribution in [-0.2, 0) is 4.74 Å². The van der Waals surface area contributed by atoms with Gasteiger partial charge in [0.15, 0.2) is 12.0 Å². The smallest absolute Gasteiger partial charge is 0.336 e. The van der Waals surface area contributed by atoms with Gasteiger partial charge in [-0.2, -0.15) is 0 Å². The van der Waals surface area contributed by atoms with Crippen molar-refractivity contribution in [2.75, 3.05) is 0 Å². The predicted molar refractivity (Wildman–Crippen MR) is 125 cm³/mol. The first kappa shape index (κ1) is 19.6. The zero-order valence-corrected chi connectivity index (χ0v) is 17.2. The summed E-state index contributed by atoms with van der Waals surface area (Å²) in [7, 11) is 0. The number of ether oxygens (including phenoxy) is 1. The maximum absolute atomic E-state index is 11.8. The lowest BCUT2D eigenvalue weighted by atomic mass is 9.94. The molecule has 156 valence electrons. The van der Waals surface area contributed by atoms with E-state index in [4.69, 9.17) is 4.74 Å². The van der Waals surface area contributed by atoms with Crippen LogP contribution in [0.25, 0.3) is 22.6 Å². The third-order valence-electron chi connectivity index (χ3n) is 5.53. The molecule has 2 N–H and O–H groups in total. The second kappa shape index (κ2) is 8.44. The van der Waals surface area contributed by atoms with Gasteiger partial charge in [-0.15, -0.1) is 0 Å². The number of rotatable bonds is 5. The largest absolute Gasteiger partial charge is 0.478 e. The Morgan fingerprint density at radius 2 is 1.25 bits per heavy atom. The molecule has 1 heterocycles. The molecule has 4 aromatic rings. The predicted octanol–water partition coefficient (Wildman–Crippen LogP) is 6.20. The number of hydrogen-bond donors (Lipinski definition) is 2. The van der Waals surface area contributed by atoms with E-state index in [1.54, 1.807) is 12.1 Å². The molecule has 0 saturated heterocycles. The average Bonchev–Trinajstić information content (AvgIpc) is 3.30. The summed E-state index contributed by atoms with van der Waals surface area (Å²) >= 11 is 0. The first-order valence-electron chi connectivity index (χ1n) is 10.4. The fourth-order valence-corrected chi connectivity index (χ4v) is 4.04. The molecule has 0 spiro atoms. The Kier molecular flexibility index (Phi) is 5.18. The molecule has 0 bridgehead atoms. The molecule has 5 rings (SSSR count). The van der Waals surface area contributed by atoms with Crippen LogP contribution in [0.3, 0.4) is 0 Å². The monoisotopic (exact) mass is 419 g/mol. The molecule has 0 fully saturated rings. The molecule has 4 nitrogen and oxygen atoms in total. The Balaban J connectivity index is 1.60. The third-order valence-corrected chi connectivity index (χ3v) is 5.53. The molecule has 1 atom stereocenters. The highest BCUT2D eigenvalue weighted by Gasteiger charge is 2.30. The normalized spacial score (nSPS) is 15.2. The minimum Gasteiger partial charge on any atom is -0.478 e. The lowest BCUT2D eigenvalue weighted by molar-refractivity contribution is 0.0697. The fourth-order valence-electron chi connectivity index (χ4n) is 4.04. The van der Waals surface area contributed by atoms with Crippen LogP contribution in [0.15, 0.2) is 109 Å². The van der Waals surface area contributed by atoms with E-state index in [2.05, 4.69) is 5.32 Å². The second-order valence-electron chi connectivity index (χ2n) is 7.52. The van der Waals surface area contributed by atoms with Gasteiger partial charge in [0.1, 0.15) is 0 Å². The SMILES string of the molecule is O=C(O)c1ccccc1-c1ccccc1C1NC(c2ccccc2)=C(c2ccccc2)O1. The van der Waals surface area contributed by atoms with Gasteiger partial charge >= 0.3 is 5.97 Å². The van der Waals surface area contributed by atoms with Crippen molar-refractivity contribution in [1.29, 1.82) is 0 Å². The Labute approximate surface area is 186 Å². The molecule has 0 radical (unpaired) electrons. The van der Waals surface area contributed by atoms with Crippen molar-refractivity contribution in [3.05, 3.63) is 131 Å². The van der Waals surface area contributed by atoms with Crippen molar-refractivity contribution in [2.45, 2.75) is 6.23 Å². The number of carbonyl (C=O) groups is 1. The average molecular weight is 419 g/mol. The molecule has 32 heavy (non-hydrogen) atoms. The number of aromatic carboxylic acids is 1. The summed E-state index contributed by atoms with van der Waals surface area (Å²) in [6, 6.07) is 34.9. The highest BCUT2D eigenvalue weighted by atomic mass is 16.5. The molecule has 1 aliphatic rings. The molecule has 0 aromatic heterocycles. The topological polar surface area (TPSA) is 58.6 Å². The summed E-state index contributed by atoms with van der Waals surface area (Å²) in [5.74, 6) is -0.188. The zero-order chi connectivity index (χ0) is 21.9. The zero-order valence-electron chi connectivity index (χ0n) is 17.2. The number of benzene rings is 4. The molecule has 4 aromatic carbocycles. The van der Waals surface area contributed by atoms with Crippen LogP contribution < -0.4 is 5.32 Å². The molecule has 4 heteroatoms. The first-order chi connectivity index (χ1) is 15.7. The lowest BCUT2D eigenvalue weighted by Crippen LogP contribution is -2.16. The van der Waals surface area contributed by atoms with Crippen molar-refractivity contribution < 1.29 is 14.6 Å². The van der Waals surface area contributed by atoms with Gasteiger partial charge < -0.3 is 15.2 Å². The van der Waals surface area contributed by atoms with Gasteiger partial charge in [0.2, 0.25) is 0 Å². The van der Waals surface area contributed by atoms with Crippen LogP contribution in [0.1, 0.15) is 33.3 Å².